The molecule has 0 heterocycles. The molecule has 0 atom stereocenters. The van der Waals surface area contributed by atoms with Crippen molar-refractivity contribution < 1.29 is 14.6 Å². The van der Waals surface area contributed by atoms with E-state index in [0.717, 1.165) is 37.9 Å². The van der Waals surface area contributed by atoms with Gasteiger partial charge in [0.25, 0.3) is 0 Å². The highest BCUT2D eigenvalue weighted by Crippen LogP contribution is 2.33. The van der Waals surface area contributed by atoms with Gasteiger partial charge in [-0.25, -0.2) is 0 Å². The number of para-hydroxylation sites is 1. The summed E-state index contributed by atoms with van der Waals surface area (Å²) in [6.45, 7) is 2.38. The summed E-state index contributed by atoms with van der Waals surface area (Å²) >= 11 is 0. The molecule has 0 spiro atoms. The zero-order valence-corrected chi connectivity index (χ0v) is 12.5. The van der Waals surface area contributed by atoms with Crippen LogP contribution >= 0.6 is 0 Å². The number of aldehydes is 1. The predicted molar refractivity (Wildman–Crippen MR) is 82.3 cm³/mol. The normalized spacial score (nSPS) is 24.8. The molecule has 0 radical (unpaired) electrons. The maximum absolute atomic E-state index is 10.9. The number of carbonyl (C=O) groups is 1. The first-order valence-corrected chi connectivity index (χ1v) is 7.56. The van der Waals surface area contributed by atoms with Crippen LogP contribution in [0.1, 0.15) is 49.4 Å². The van der Waals surface area contributed by atoms with Gasteiger partial charge in [-0.05, 0) is 43.7 Å². The van der Waals surface area contributed by atoms with E-state index < -0.39 is 5.60 Å². The summed E-state index contributed by atoms with van der Waals surface area (Å²) in [5.74, 6) is 7.09. The minimum absolute atomic E-state index is 0.185. The highest BCUT2D eigenvalue weighted by Gasteiger charge is 2.30. The van der Waals surface area contributed by atoms with Crippen LogP contribution in [-0.2, 0) is 0 Å². The van der Waals surface area contributed by atoms with Gasteiger partial charge in [0.1, 0.15) is 18.0 Å². The molecule has 3 nitrogen and oxygen atoms in total. The second-order valence-electron chi connectivity index (χ2n) is 5.63. The fraction of sp³-hybridized carbons (Fsp3) is 0.500. The average molecular weight is 286 g/mol. The van der Waals surface area contributed by atoms with Crippen LogP contribution in [0.4, 0.5) is 0 Å². The third kappa shape index (κ3) is 4.34. The smallest absolute Gasteiger partial charge is 0.153 e. The molecule has 0 saturated heterocycles. The first-order valence-electron chi connectivity index (χ1n) is 7.56. The van der Waals surface area contributed by atoms with Crippen molar-refractivity contribution in [3.63, 3.8) is 0 Å². The van der Waals surface area contributed by atoms with E-state index in [0.29, 0.717) is 11.3 Å². The Labute approximate surface area is 126 Å². The molecule has 0 amide bonds. The molecule has 0 bridgehead atoms. The molecule has 1 aromatic rings. The summed E-state index contributed by atoms with van der Waals surface area (Å²) in [6, 6.07) is 7.05. The average Bonchev–Trinajstić information content (AvgIpc) is 2.53. The van der Waals surface area contributed by atoms with Crippen LogP contribution in [0, 0.1) is 17.8 Å². The van der Waals surface area contributed by atoms with E-state index in [1.165, 1.54) is 6.42 Å². The summed E-state index contributed by atoms with van der Waals surface area (Å²) in [5.41, 5.74) is -0.347. The third-order valence-corrected chi connectivity index (χ3v) is 4.18. The van der Waals surface area contributed by atoms with Gasteiger partial charge in [-0.3, -0.25) is 4.79 Å². The van der Waals surface area contributed by atoms with Crippen molar-refractivity contribution in [1.29, 1.82) is 0 Å². The van der Waals surface area contributed by atoms with Gasteiger partial charge >= 0.3 is 0 Å². The first-order chi connectivity index (χ1) is 10.2. The number of benzene rings is 1. The SMILES string of the molecule is CCC1CCC(O)(C#CCOc2ccccc2C=O)CC1. The molecular formula is C18H22O3. The predicted octanol–water partition coefficient (Wildman–Crippen LogP) is 3.21. The summed E-state index contributed by atoms with van der Waals surface area (Å²) in [6.07, 6.45) is 5.50. The minimum atomic E-state index is -0.862. The second-order valence-corrected chi connectivity index (χ2v) is 5.63. The van der Waals surface area contributed by atoms with E-state index in [4.69, 9.17) is 4.74 Å². The molecule has 1 N–H and O–H groups in total. The molecule has 0 unspecified atom stereocenters. The Morgan fingerprint density at radius 3 is 2.76 bits per heavy atom. The van der Waals surface area contributed by atoms with Crippen molar-refractivity contribution in [3.8, 4) is 17.6 Å². The monoisotopic (exact) mass is 286 g/mol. The molecule has 112 valence electrons. The summed E-state index contributed by atoms with van der Waals surface area (Å²) in [7, 11) is 0. The molecule has 0 aliphatic heterocycles. The molecule has 1 fully saturated rings. The molecule has 0 aromatic heterocycles. The van der Waals surface area contributed by atoms with E-state index >= 15 is 0 Å². The van der Waals surface area contributed by atoms with Crippen molar-refractivity contribution in [1.82, 2.24) is 0 Å². The van der Waals surface area contributed by atoms with Gasteiger partial charge in [0.15, 0.2) is 6.29 Å². The lowest BCUT2D eigenvalue weighted by Gasteiger charge is -2.31. The van der Waals surface area contributed by atoms with Crippen LogP contribution in [0.25, 0.3) is 0 Å². The summed E-state index contributed by atoms with van der Waals surface area (Å²) in [5, 5.41) is 10.4. The van der Waals surface area contributed by atoms with Gasteiger partial charge < -0.3 is 9.84 Å². The summed E-state index contributed by atoms with van der Waals surface area (Å²) in [4.78, 5) is 10.9. The summed E-state index contributed by atoms with van der Waals surface area (Å²) < 4.78 is 5.49. The van der Waals surface area contributed by atoms with E-state index in [-0.39, 0.29) is 6.61 Å². The molecule has 2 rings (SSSR count). The fourth-order valence-corrected chi connectivity index (χ4v) is 2.71. The standard InChI is InChI=1S/C18H22O3/c1-2-15-8-11-18(20,12-9-15)10-5-13-21-17-7-4-3-6-16(17)14-19/h3-4,6-7,14-15,20H,2,8-9,11-13H2,1H3. The number of hydrogen-bond acceptors (Lipinski definition) is 3. The molecular weight excluding hydrogens is 264 g/mol. The van der Waals surface area contributed by atoms with Gasteiger partial charge in [-0.2, -0.15) is 0 Å². The van der Waals surface area contributed by atoms with Crippen LogP contribution in [-0.4, -0.2) is 23.6 Å². The number of rotatable bonds is 4. The fourth-order valence-electron chi connectivity index (χ4n) is 2.71. The Bertz CT molecular complexity index is 531. The molecule has 1 saturated carbocycles. The molecule has 1 aromatic carbocycles. The minimum Gasteiger partial charge on any atom is -0.480 e. The van der Waals surface area contributed by atoms with Crippen LogP contribution in [0.3, 0.4) is 0 Å². The maximum Gasteiger partial charge on any atom is 0.153 e. The zero-order valence-electron chi connectivity index (χ0n) is 12.5. The Morgan fingerprint density at radius 1 is 1.38 bits per heavy atom. The Hall–Kier alpha value is -1.79. The van der Waals surface area contributed by atoms with Crippen molar-refractivity contribution in [2.24, 2.45) is 5.92 Å². The van der Waals surface area contributed by atoms with Crippen LogP contribution in [0.15, 0.2) is 24.3 Å². The van der Waals surface area contributed by atoms with Gasteiger partial charge in [0.2, 0.25) is 0 Å². The molecule has 3 heteroatoms. The van der Waals surface area contributed by atoms with Crippen molar-refractivity contribution in [2.75, 3.05) is 6.61 Å². The lowest BCUT2D eigenvalue weighted by molar-refractivity contribution is 0.0435. The third-order valence-electron chi connectivity index (χ3n) is 4.18. The van der Waals surface area contributed by atoms with Crippen LogP contribution in [0.5, 0.6) is 5.75 Å². The van der Waals surface area contributed by atoms with E-state index in [1.807, 2.05) is 6.07 Å². The van der Waals surface area contributed by atoms with Crippen LogP contribution in [0.2, 0.25) is 0 Å². The van der Waals surface area contributed by atoms with Crippen LogP contribution < -0.4 is 4.74 Å². The maximum atomic E-state index is 10.9. The largest absolute Gasteiger partial charge is 0.480 e. The van der Waals surface area contributed by atoms with E-state index in [2.05, 4.69) is 18.8 Å². The number of carbonyl (C=O) groups excluding carboxylic acids is 1. The first kappa shape index (κ1) is 15.6. The van der Waals surface area contributed by atoms with Gasteiger partial charge in [-0.15, -0.1) is 0 Å². The van der Waals surface area contributed by atoms with Gasteiger partial charge in [0.05, 0.1) is 5.56 Å². The topological polar surface area (TPSA) is 46.5 Å². The van der Waals surface area contributed by atoms with Crippen molar-refractivity contribution >= 4 is 6.29 Å². The second kappa shape index (κ2) is 7.28. The van der Waals surface area contributed by atoms with Gasteiger partial charge in [0, 0.05) is 0 Å². The number of aliphatic hydroxyl groups is 1. The van der Waals surface area contributed by atoms with E-state index in [9.17, 15) is 9.90 Å². The number of ether oxygens (including phenoxy) is 1. The molecule has 21 heavy (non-hydrogen) atoms. The molecule has 1 aliphatic carbocycles. The Balaban J connectivity index is 1.88. The quantitative estimate of drug-likeness (QED) is 0.683. The Kier molecular flexibility index (Phi) is 5.41. The van der Waals surface area contributed by atoms with Gasteiger partial charge in [-0.1, -0.05) is 37.3 Å². The Morgan fingerprint density at radius 2 is 2.10 bits per heavy atom. The lowest BCUT2D eigenvalue weighted by atomic mass is 9.78. The van der Waals surface area contributed by atoms with Crippen molar-refractivity contribution in [2.45, 2.75) is 44.6 Å². The molecule has 1 aliphatic rings. The number of hydrogen-bond donors (Lipinski definition) is 1. The highest BCUT2D eigenvalue weighted by molar-refractivity contribution is 5.79. The lowest BCUT2D eigenvalue weighted by Crippen LogP contribution is -2.32. The highest BCUT2D eigenvalue weighted by atomic mass is 16.5. The van der Waals surface area contributed by atoms with E-state index in [1.54, 1.807) is 18.2 Å². The zero-order chi connectivity index (χ0) is 15.1. The van der Waals surface area contributed by atoms with Crippen molar-refractivity contribution in [3.05, 3.63) is 29.8 Å².